The van der Waals surface area contributed by atoms with Crippen LogP contribution in [0.25, 0.3) is 10.9 Å². The van der Waals surface area contributed by atoms with Crippen molar-refractivity contribution in [2.24, 2.45) is 7.05 Å². The summed E-state index contributed by atoms with van der Waals surface area (Å²) < 4.78 is 1.87. The van der Waals surface area contributed by atoms with E-state index >= 15 is 0 Å². The molecule has 0 aliphatic heterocycles. The quantitative estimate of drug-likeness (QED) is 0.799. The Kier molecular flexibility index (Phi) is 3.30. The molecule has 0 saturated heterocycles. The average Bonchev–Trinajstić information content (AvgIpc) is 2.76. The van der Waals surface area contributed by atoms with Gasteiger partial charge in [-0.3, -0.25) is 4.68 Å². The van der Waals surface area contributed by atoms with Gasteiger partial charge in [-0.05, 0) is 25.5 Å². The number of hydrogen-bond acceptors (Lipinski definition) is 2. The van der Waals surface area contributed by atoms with Crippen LogP contribution in [0.1, 0.15) is 23.7 Å². The van der Waals surface area contributed by atoms with Crippen molar-refractivity contribution in [1.82, 2.24) is 9.78 Å². The first kappa shape index (κ1) is 13.8. The lowest BCUT2D eigenvalue weighted by molar-refractivity contribution is 0.0568. The highest BCUT2D eigenvalue weighted by Gasteiger charge is 2.26. The maximum Gasteiger partial charge on any atom is 0.0924 e. The summed E-state index contributed by atoms with van der Waals surface area (Å²) in [6.07, 6.45) is 0.497. The van der Waals surface area contributed by atoms with E-state index in [1.165, 1.54) is 5.56 Å². The molecule has 1 N–H and O–H groups in total. The predicted molar refractivity (Wildman–Crippen MR) is 85.2 cm³/mol. The molecule has 2 aromatic carbocycles. The fourth-order valence-corrected chi connectivity index (χ4v) is 2.76. The van der Waals surface area contributed by atoms with Crippen molar-refractivity contribution in [2.45, 2.75) is 25.9 Å². The van der Waals surface area contributed by atoms with Gasteiger partial charge in [-0.15, -0.1) is 0 Å². The van der Waals surface area contributed by atoms with Gasteiger partial charge in [0.15, 0.2) is 0 Å². The summed E-state index contributed by atoms with van der Waals surface area (Å²) in [5, 5.41) is 16.5. The lowest BCUT2D eigenvalue weighted by atomic mass is 9.90. The third-order valence-corrected chi connectivity index (χ3v) is 4.02. The summed E-state index contributed by atoms with van der Waals surface area (Å²) in [7, 11) is 1.94. The molecule has 108 valence electrons. The summed E-state index contributed by atoms with van der Waals surface area (Å²) in [4.78, 5) is 0. The second kappa shape index (κ2) is 5.01. The van der Waals surface area contributed by atoms with Crippen LogP contribution in [-0.4, -0.2) is 14.9 Å². The molecule has 1 atom stereocenters. The Labute approximate surface area is 124 Å². The van der Waals surface area contributed by atoms with Gasteiger partial charge in [0, 0.05) is 18.9 Å². The average molecular weight is 280 g/mol. The van der Waals surface area contributed by atoms with Crippen LogP contribution in [0, 0.1) is 6.92 Å². The minimum atomic E-state index is -0.926. The zero-order valence-electron chi connectivity index (χ0n) is 12.7. The molecular weight excluding hydrogens is 260 g/mol. The molecule has 21 heavy (non-hydrogen) atoms. The van der Waals surface area contributed by atoms with Crippen LogP contribution >= 0.6 is 0 Å². The van der Waals surface area contributed by atoms with Gasteiger partial charge in [0.2, 0.25) is 0 Å². The Morgan fingerprint density at radius 3 is 2.48 bits per heavy atom. The van der Waals surface area contributed by atoms with E-state index in [0.29, 0.717) is 6.42 Å². The summed E-state index contributed by atoms with van der Waals surface area (Å²) >= 11 is 0. The zero-order valence-corrected chi connectivity index (χ0v) is 12.7. The highest BCUT2D eigenvalue weighted by molar-refractivity contribution is 5.82. The van der Waals surface area contributed by atoms with Gasteiger partial charge < -0.3 is 5.11 Å². The van der Waals surface area contributed by atoms with Crippen molar-refractivity contribution in [3.8, 4) is 0 Å². The van der Waals surface area contributed by atoms with E-state index in [2.05, 4.69) is 11.2 Å². The Balaban J connectivity index is 1.99. The van der Waals surface area contributed by atoms with Crippen LogP contribution in [-0.2, 0) is 19.1 Å². The zero-order chi connectivity index (χ0) is 15.0. The van der Waals surface area contributed by atoms with Gasteiger partial charge in [-0.2, -0.15) is 5.10 Å². The Hall–Kier alpha value is -2.13. The van der Waals surface area contributed by atoms with Gasteiger partial charge in [-0.1, -0.05) is 48.0 Å². The monoisotopic (exact) mass is 280 g/mol. The van der Waals surface area contributed by atoms with Crippen molar-refractivity contribution in [3.05, 3.63) is 65.4 Å². The summed E-state index contributed by atoms with van der Waals surface area (Å²) in [6, 6.07) is 16.1. The van der Waals surface area contributed by atoms with E-state index in [9.17, 15) is 5.11 Å². The van der Waals surface area contributed by atoms with Crippen LogP contribution in [0.2, 0.25) is 0 Å². The normalized spacial score (nSPS) is 14.3. The van der Waals surface area contributed by atoms with Crippen LogP contribution < -0.4 is 0 Å². The highest BCUT2D eigenvalue weighted by Crippen LogP contribution is 2.28. The second-order valence-electron chi connectivity index (χ2n) is 5.90. The molecule has 0 amide bonds. The first-order valence-corrected chi connectivity index (χ1v) is 7.17. The van der Waals surface area contributed by atoms with Crippen molar-refractivity contribution >= 4 is 10.9 Å². The maximum atomic E-state index is 10.8. The third-order valence-electron chi connectivity index (χ3n) is 4.02. The largest absolute Gasteiger partial charge is 0.385 e. The fraction of sp³-hybridized carbons (Fsp3) is 0.278. The molecule has 1 heterocycles. The van der Waals surface area contributed by atoms with Crippen LogP contribution in [0.5, 0.6) is 0 Å². The molecule has 0 bridgehead atoms. The SMILES string of the molecule is Cc1ccc(C(C)(O)Cc2nn(C)c3ccccc23)cc1. The number of hydrogen-bond donors (Lipinski definition) is 1. The number of rotatable bonds is 3. The first-order chi connectivity index (χ1) is 9.97. The van der Waals surface area contributed by atoms with Gasteiger partial charge in [0.1, 0.15) is 0 Å². The van der Waals surface area contributed by atoms with E-state index in [1.807, 2.05) is 68.0 Å². The number of aryl methyl sites for hydroxylation is 2. The number of para-hydroxylation sites is 1. The van der Waals surface area contributed by atoms with Gasteiger partial charge in [0.05, 0.1) is 16.8 Å². The van der Waals surface area contributed by atoms with Crippen LogP contribution in [0.15, 0.2) is 48.5 Å². The molecular formula is C18H20N2O. The molecule has 3 rings (SSSR count). The van der Waals surface area contributed by atoms with E-state index < -0.39 is 5.60 Å². The highest BCUT2D eigenvalue weighted by atomic mass is 16.3. The molecule has 3 aromatic rings. The molecule has 3 heteroatoms. The number of aliphatic hydroxyl groups is 1. The van der Waals surface area contributed by atoms with Crippen molar-refractivity contribution in [1.29, 1.82) is 0 Å². The molecule has 0 aliphatic rings. The van der Waals surface area contributed by atoms with Crippen LogP contribution in [0.3, 0.4) is 0 Å². The summed E-state index contributed by atoms with van der Waals surface area (Å²) in [6.45, 7) is 3.89. The van der Waals surface area contributed by atoms with Gasteiger partial charge in [-0.25, -0.2) is 0 Å². The number of fused-ring (bicyclic) bond motifs is 1. The van der Waals surface area contributed by atoms with E-state index in [4.69, 9.17) is 0 Å². The second-order valence-corrected chi connectivity index (χ2v) is 5.90. The van der Waals surface area contributed by atoms with Crippen molar-refractivity contribution in [2.75, 3.05) is 0 Å². The molecule has 0 spiro atoms. The van der Waals surface area contributed by atoms with Crippen molar-refractivity contribution < 1.29 is 5.11 Å². The smallest absolute Gasteiger partial charge is 0.0924 e. The molecule has 3 nitrogen and oxygen atoms in total. The molecule has 1 unspecified atom stereocenters. The van der Waals surface area contributed by atoms with E-state index in [1.54, 1.807) is 0 Å². The lowest BCUT2D eigenvalue weighted by Crippen LogP contribution is -2.24. The molecule has 0 aliphatic carbocycles. The van der Waals surface area contributed by atoms with E-state index in [-0.39, 0.29) is 0 Å². The van der Waals surface area contributed by atoms with Gasteiger partial charge in [0.25, 0.3) is 0 Å². The summed E-state index contributed by atoms with van der Waals surface area (Å²) in [5.41, 5.74) is 3.21. The minimum Gasteiger partial charge on any atom is -0.385 e. The fourth-order valence-electron chi connectivity index (χ4n) is 2.76. The standard InChI is InChI=1S/C18H20N2O/c1-13-8-10-14(11-9-13)18(2,21)12-16-15-6-4-5-7-17(15)20(3)19-16/h4-11,21H,12H2,1-3H3. The topological polar surface area (TPSA) is 38.1 Å². The molecule has 1 aromatic heterocycles. The van der Waals surface area contributed by atoms with Crippen molar-refractivity contribution in [3.63, 3.8) is 0 Å². The Morgan fingerprint density at radius 1 is 1.10 bits per heavy atom. The number of aromatic nitrogens is 2. The minimum absolute atomic E-state index is 0.497. The Morgan fingerprint density at radius 2 is 1.76 bits per heavy atom. The maximum absolute atomic E-state index is 10.8. The molecule has 0 radical (unpaired) electrons. The molecule has 0 saturated carbocycles. The Bertz CT molecular complexity index is 770. The van der Waals surface area contributed by atoms with Gasteiger partial charge >= 0.3 is 0 Å². The lowest BCUT2D eigenvalue weighted by Gasteiger charge is -2.23. The predicted octanol–water partition coefficient (Wildman–Crippen LogP) is 3.33. The van der Waals surface area contributed by atoms with E-state index in [0.717, 1.165) is 22.2 Å². The number of nitrogens with zero attached hydrogens (tertiary/aromatic N) is 2. The number of benzene rings is 2. The third kappa shape index (κ3) is 2.57. The summed E-state index contributed by atoms with van der Waals surface area (Å²) in [5.74, 6) is 0. The molecule has 0 fully saturated rings. The first-order valence-electron chi connectivity index (χ1n) is 7.17. The van der Waals surface area contributed by atoms with Crippen LogP contribution in [0.4, 0.5) is 0 Å².